The average Bonchev–Trinajstić information content (AvgIpc) is 2.34. The SMILES string of the molecule is CC(Nc1c(Cl)cc(Cl)cc1Cl)c1ccc(I)cc1. The van der Waals surface area contributed by atoms with Crippen molar-refractivity contribution in [1.82, 2.24) is 0 Å². The summed E-state index contributed by atoms with van der Waals surface area (Å²) >= 11 is 20.5. The summed E-state index contributed by atoms with van der Waals surface area (Å²) in [5, 5.41) is 4.89. The van der Waals surface area contributed by atoms with Crippen LogP contribution in [0.15, 0.2) is 36.4 Å². The fourth-order valence-corrected chi connectivity index (χ4v) is 3.02. The van der Waals surface area contributed by atoms with Gasteiger partial charge in [-0.1, -0.05) is 46.9 Å². The number of hydrogen-bond donors (Lipinski definition) is 1. The lowest BCUT2D eigenvalue weighted by Crippen LogP contribution is -2.07. The van der Waals surface area contributed by atoms with Crippen molar-refractivity contribution in [2.45, 2.75) is 13.0 Å². The third-order valence-electron chi connectivity index (χ3n) is 2.74. The van der Waals surface area contributed by atoms with Crippen LogP contribution in [0.2, 0.25) is 15.1 Å². The molecule has 2 aromatic rings. The standard InChI is InChI=1S/C14H11Cl3IN/c1-8(9-2-4-11(18)5-3-9)19-14-12(16)6-10(15)7-13(14)17/h2-8,19H,1H3. The van der Waals surface area contributed by atoms with Gasteiger partial charge < -0.3 is 5.32 Å². The molecule has 1 N–H and O–H groups in total. The van der Waals surface area contributed by atoms with Crippen molar-refractivity contribution in [3.63, 3.8) is 0 Å². The second-order valence-electron chi connectivity index (χ2n) is 4.16. The fourth-order valence-electron chi connectivity index (χ4n) is 1.73. The van der Waals surface area contributed by atoms with Crippen LogP contribution in [0.5, 0.6) is 0 Å². The lowest BCUT2D eigenvalue weighted by molar-refractivity contribution is 0.884. The molecule has 0 heterocycles. The molecule has 100 valence electrons. The molecule has 0 aliphatic carbocycles. The van der Waals surface area contributed by atoms with Gasteiger partial charge >= 0.3 is 0 Å². The second kappa shape index (κ2) is 6.53. The van der Waals surface area contributed by atoms with Crippen LogP contribution >= 0.6 is 57.4 Å². The summed E-state index contributed by atoms with van der Waals surface area (Å²) in [5.41, 5.74) is 1.88. The number of rotatable bonds is 3. The molecule has 1 nitrogen and oxygen atoms in total. The zero-order chi connectivity index (χ0) is 14.0. The van der Waals surface area contributed by atoms with Gasteiger partial charge in [0.2, 0.25) is 0 Å². The Morgan fingerprint density at radius 1 is 1.00 bits per heavy atom. The van der Waals surface area contributed by atoms with Crippen LogP contribution in [0.25, 0.3) is 0 Å². The number of halogens is 4. The van der Waals surface area contributed by atoms with Crippen molar-refractivity contribution < 1.29 is 0 Å². The van der Waals surface area contributed by atoms with E-state index in [1.165, 1.54) is 9.13 Å². The largest absolute Gasteiger partial charge is 0.376 e. The van der Waals surface area contributed by atoms with Gasteiger partial charge in [-0.15, -0.1) is 0 Å². The Bertz CT molecular complexity index is 561. The zero-order valence-corrected chi connectivity index (χ0v) is 14.5. The molecule has 19 heavy (non-hydrogen) atoms. The monoisotopic (exact) mass is 425 g/mol. The second-order valence-corrected chi connectivity index (χ2v) is 6.66. The minimum Gasteiger partial charge on any atom is -0.376 e. The Hall–Kier alpha value is -0.160. The third-order valence-corrected chi connectivity index (χ3v) is 4.27. The van der Waals surface area contributed by atoms with E-state index in [0.717, 1.165) is 0 Å². The van der Waals surface area contributed by atoms with Gasteiger partial charge in [-0.2, -0.15) is 0 Å². The predicted molar refractivity (Wildman–Crippen MR) is 92.7 cm³/mol. The van der Waals surface area contributed by atoms with Crippen LogP contribution in [0.1, 0.15) is 18.5 Å². The Morgan fingerprint density at radius 3 is 2.05 bits per heavy atom. The minimum atomic E-state index is 0.105. The first-order chi connectivity index (χ1) is 8.97. The molecule has 0 aliphatic rings. The first-order valence-electron chi connectivity index (χ1n) is 5.64. The van der Waals surface area contributed by atoms with Gasteiger partial charge in [-0.3, -0.25) is 0 Å². The number of nitrogens with one attached hydrogen (secondary N) is 1. The maximum atomic E-state index is 6.16. The number of anilines is 1. The molecular formula is C14H11Cl3IN. The van der Waals surface area contributed by atoms with Crippen molar-refractivity contribution in [2.75, 3.05) is 5.32 Å². The van der Waals surface area contributed by atoms with E-state index in [4.69, 9.17) is 34.8 Å². The van der Waals surface area contributed by atoms with Crippen LogP contribution in [-0.4, -0.2) is 0 Å². The number of hydrogen-bond acceptors (Lipinski definition) is 1. The highest BCUT2D eigenvalue weighted by atomic mass is 127. The van der Waals surface area contributed by atoms with Gasteiger partial charge in [-0.05, 0) is 59.3 Å². The van der Waals surface area contributed by atoms with Crippen molar-refractivity contribution in [1.29, 1.82) is 0 Å². The molecular weight excluding hydrogens is 415 g/mol. The van der Waals surface area contributed by atoms with Crippen LogP contribution < -0.4 is 5.32 Å². The van der Waals surface area contributed by atoms with E-state index in [0.29, 0.717) is 20.8 Å². The van der Waals surface area contributed by atoms with E-state index in [1.54, 1.807) is 12.1 Å². The molecule has 0 saturated carbocycles. The lowest BCUT2D eigenvalue weighted by atomic mass is 10.1. The molecule has 0 aromatic heterocycles. The molecule has 0 spiro atoms. The van der Waals surface area contributed by atoms with Crippen molar-refractivity contribution in [3.05, 3.63) is 60.6 Å². The maximum absolute atomic E-state index is 6.16. The van der Waals surface area contributed by atoms with E-state index in [1.807, 2.05) is 0 Å². The third kappa shape index (κ3) is 3.91. The van der Waals surface area contributed by atoms with Gasteiger partial charge in [0.05, 0.1) is 15.7 Å². The molecule has 2 aromatic carbocycles. The Balaban J connectivity index is 2.24. The number of benzene rings is 2. The van der Waals surface area contributed by atoms with Crippen LogP contribution in [0, 0.1) is 3.57 Å². The summed E-state index contributed by atoms with van der Waals surface area (Å²) in [5.74, 6) is 0. The van der Waals surface area contributed by atoms with E-state index < -0.39 is 0 Å². The molecule has 1 unspecified atom stereocenters. The lowest BCUT2D eigenvalue weighted by Gasteiger charge is -2.18. The molecule has 5 heteroatoms. The molecule has 0 radical (unpaired) electrons. The molecule has 1 atom stereocenters. The molecule has 2 rings (SSSR count). The summed E-state index contributed by atoms with van der Waals surface area (Å²) in [7, 11) is 0. The van der Waals surface area contributed by atoms with Gasteiger partial charge in [0.1, 0.15) is 0 Å². The van der Waals surface area contributed by atoms with Crippen LogP contribution in [0.4, 0.5) is 5.69 Å². The van der Waals surface area contributed by atoms with Crippen molar-refractivity contribution in [2.24, 2.45) is 0 Å². The van der Waals surface area contributed by atoms with Crippen LogP contribution in [0.3, 0.4) is 0 Å². The topological polar surface area (TPSA) is 12.0 Å². The highest BCUT2D eigenvalue weighted by Crippen LogP contribution is 2.35. The van der Waals surface area contributed by atoms with Gasteiger partial charge in [-0.25, -0.2) is 0 Å². The minimum absolute atomic E-state index is 0.105. The zero-order valence-electron chi connectivity index (χ0n) is 10.1. The van der Waals surface area contributed by atoms with Gasteiger partial charge in [0, 0.05) is 14.6 Å². The summed E-state index contributed by atoms with van der Waals surface area (Å²) < 4.78 is 1.20. The predicted octanol–water partition coefficient (Wildman–Crippen LogP) is 6.42. The summed E-state index contributed by atoms with van der Waals surface area (Å²) in [4.78, 5) is 0. The first kappa shape index (κ1) is 15.2. The smallest absolute Gasteiger partial charge is 0.0724 e. The Labute approximate surface area is 141 Å². The Morgan fingerprint density at radius 2 is 1.53 bits per heavy atom. The van der Waals surface area contributed by atoms with E-state index in [-0.39, 0.29) is 6.04 Å². The summed E-state index contributed by atoms with van der Waals surface area (Å²) in [6, 6.07) is 11.8. The molecule has 0 aliphatic heterocycles. The molecule has 0 amide bonds. The van der Waals surface area contributed by atoms with E-state index in [9.17, 15) is 0 Å². The fraction of sp³-hybridized carbons (Fsp3) is 0.143. The molecule has 0 saturated heterocycles. The van der Waals surface area contributed by atoms with Gasteiger partial charge in [0.15, 0.2) is 0 Å². The average molecular weight is 427 g/mol. The van der Waals surface area contributed by atoms with Gasteiger partial charge in [0.25, 0.3) is 0 Å². The summed E-state index contributed by atoms with van der Waals surface area (Å²) in [6.07, 6.45) is 0. The highest BCUT2D eigenvalue weighted by molar-refractivity contribution is 14.1. The normalized spacial score (nSPS) is 12.3. The highest BCUT2D eigenvalue weighted by Gasteiger charge is 2.12. The first-order valence-corrected chi connectivity index (χ1v) is 7.85. The van der Waals surface area contributed by atoms with Crippen molar-refractivity contribution >= 4 is 63.1 Å². The Kier molecular flexibility index (Phi) is 5.23. The summed E-state index contributed by atoms with van der Waals surface area (Å²) in [6.45, 7) is 2.06. The molecule has 0 bridgehead atoms. The van der Waals surface area contributed by atoms with Crippen LogP contribution in [-0.2, 0) is 0 Å². The van der Waals surface area contributed by atoms with E-state index in [2.05, 4.69) is 59.1 Å². The van der Waals surface area contributed by atoms with Crippen molar-refractivity contribution in [3.8, 4) is 0 Å². The van der Waals surface area contributed by atoms with E-state index >= 15 is 0 Å². The quantitative estimate of drug-likeness (QED) is 0.558. The molecule has 0 fully saturated rings. The maximum Gasteiger partial charge on any atom is 0.0724 e.